The summed E-state index contributed by atoms with van der Waals surface area (Å²) in [5.41, 5.74) is 5.36. The lowest BCUT2D eigenvalue weighted by molar-refractivity contribution is 0.0827. The highest BCUT2D eigenvalue weighted by atomic mass is 19.1. The van der Waals surface area contributed by atoms with Crippen LogP contribution in [0.2, 0.25) is 0 Å². The largest absolute Gasteiger partial charge is 0.396 e. The zero-order valence-electron chi connectivity index (χ0n) is 19.7. The smallest absolute Gasteiger partial charge is 0.123 e. The highest BCUT2D eigenvalue weighted by Crippen LogP contribution is 2.37. The van der Waals surface area contributed by atoms with E-state index in [-0.39, 0.29) is 37.1 Å². The average Bonchev–Trinajstić information content (AvgIpc) is 2.72. The molecule has 3 N–H and O–H groups in total. The molecule has 1 heterocycles. The Morgan fingerprint density at radius 2 is 1.66 bits per heavy atom. The van der Waals surface area contributed by atoms with E-state index in [1.807, 2.05) is 6.08 Å². The third-order valence-corrected chi connectivity index (χ3v) is 5.37. The van der Waals surface area contributed by atoms with Crippen molar-refractivity contribution in [3.8, 4) is 11.1 Å². The van der Waals surface area contributed by atoms with E-state index >= 15 is 0 Å². The molecular formula is C26H36FNO4. The van der Waals surface area contributed by atoms with Crippen LogP contribution >= 0.6 is 0 Å². The SMILES string of the molecule is COCc1c(C(C)C)nc(C(C)C)c(C=C[C@@H](O)CC(O)CCO)c1-c1ccc(F)cc1. The maximum absolute atomic E-state index is 13.7. The first-order chi connectivity index (χ1) is 15.2. The fourth-order valence-electron chi connectivity index (χ4n) is 3.83. The minimum atomic E-state index is -0.881. The molecule has 0 aliphatic heterocycles. The van der Waals surface area contributed by atoms with E-state index in [1.54, 1.807) is 25.3 Å². The number of aliphatic hydroxyl groups excluding tert-OH is 3. The van der Waals surface area contributed by atoms with E-state index in [1.165, 1.54) is 12.1 Å². The van der Waals surface area contributed by atoms with Crippen LogP contribution in [0.4, 0.5) is 4.39 Å². The molecule has 0 aliphatic carbocycles. The van der Waals surface area contributed by atoms with Crippen LogP contribution in [-0.2, 0) is 11.3 Å². The molecule has 1 unspecified atom stereocenters. The summed E-state index contributed by atoms with van der Waals surface area (Å²) in [6.07, 6.45) is 2.15. The Kier molecular flexibility index (Phi) is 9.97. The third-order valence-electron chi connectivity index (χ3n) is 5.37. The molecule has 32 heavy (non-hydrogen) atoms. The predicted octanol–water partition coefficient (Wildman–Crippen LogP) is 4.79. The number of methoxy groups -OCH3 is 1. The number of benzene rings is 1. The van der Waals surface area contributed by atoms with E-state index in [4.69, 9.17) is 14.8 Å². The van der Waals surface area contributed by atoms with Gasteiger partial charge in [0.05, 0.1) is 24.5 Å². The molecule has 2 aromatic rings. The summed E-state index contributed by atoms with van der Waals surface area (Å²) in [5.74, 6) is -0.0381. The molecule has 0 saturated carbocycles. The third kappa shape index (κ3) is 6.69. The standard InChI is InChI=1S/C26H36FNO4/c1-16(2)25-22(11-10-20(30)14-21(31)12-13-29)24(18-6-8-19(27)9-7-18)23(15-32-5)26(28-25)17(3)4/h6-11,16-17,20-21,29-31H,12-15H2,1-5H3/t20-,21?/m1/s1. The van der Waals surface area contributed by atoms with E-state index in [0.29, 0.717) is 6.61 Å². The lowest BCUT2D eigenvalue weighted by Crippen LogP contribution is -2.17. The lowest BCUT2D eigenvalue weighted by atomic mass is 9.87. The Labute approximate surface area is 190 Å². The lowest BCUT2D eigenvalue weighted by Gasteiger charge is -2.23. The number of nitrogens with zero attached hydrogens (tertiary/aromatic N) is 1. The van der Waals surface area contributed by atoms with Crippen LogP contribution in [0.15, 0.2) is 30.3 Å². The first kappa shape index (κ1) is 26.1. The van der Waals surface area contributed by atoms with Crippen molar-refractivity contribution in [3.05, 3.63) is 58.7 Å². The zero-order valence-corrected chi connectivity index (χ0v) is 19.7. The topological polar surface area (TPSA) is 82.8 Å². The molecule has 0 fully saturated rings. The maximum atomic E-state index is 13.7. The van der Waals surface area contributed by atoms with Crippen molar-refractivity contribution in [3.63, 3.8) is 0 Å². The summed E-state index contributed by atoms with van der Waals surface area (Å²) in [6.45, 7) is 8.52. The molecule has 0 spiro atoms. The van der Waals surface area contributed by atoms with E-state index < -0.39 is 12.2 Å². The van der Waals surface area contributed by atoms with Crippen molar-refractivity contribution >= 4 is 6.08 Å². The number of hydrogen-bond acceptors (Lipinski definition) is 5. The van der Waals surface area contributed by atoms with Gasteiger partial charge in [-0.05, 0) is 41.5 Å². The van der Waals surface area contributed by atoms with Crippen LogP contribution < -0.4 is 0 Å². The van der Waals surface area contributed by atoms with Gasteiger partial charge in [0.1, 0.15) is 5.82 Å². The summed E-state index contributed by atoms with van der Waals surface area (Å²) in [6, 6.07) is 6.36. The quantitative estimate of drug-likeness (QED) is 0.463. The van der Waals surface area contributed by atoms with Gasteiger partial charge in [0.2, 0.25) is 0 Å². The predicted molar refractivity (Wildman–Crippen MR) is 126 cm³/mol. The molecule has 0 saturated heterocycles. The Hall–Kier alpha value is -2.12. The van der Waals surface area contributed by atoms with Gasteiger partial charge < -0.3 is 20.1 Å². The second-order valence-corrected chi connectivity index (χ2v) is 8.73. The molecule has 1 aromatic heterocycles. The molecule has 2 rings (SSSR count). The molecule has 2 atom stereocenters. The van der Waals surface area contributed by atoms with E-state index in [9.17, 15) is 14.6 Å². The molecule has 1 aromatic carbocycles. The summed E-state index contributed by atoms with van der Waals surface area (Å²) in [5, 5.41) is 29.3. The van der Waals surface area contributed by atoms with Gasteiger partial charge in [-0.15, -0.1) is 0 Å². The first-order valence-electron chi connectivity index (χ1n) is 11.2. The van der Waals surface area contributed by atoms with Crippen LogP contribution in [0, 0.1) is 5.82 Å². The van der Waals surface area contributed by atoms with Gasteiger partial charge in [0.15, 0.2) is 0 Å². The fraction of sp³-hybridized carbons (Fsp3) is 0.500. The molecule has 0 aliphatic rings. The minimum absolute atomic E-state index is 0.111. The second kappa shape index (κ2) is 12.2. The van der Waals surface area contributed by atoms with Crippen LogP contribution in [0.3, 0.4) is 0 Å². The highest BCUT2D eigenvalue weighted by Gasteiger charge is 2.23. The van der Waals surface area contributed by atoms with Gasteiger partial charge in [-0.3, -0.25) is 4.98 Å². The second-order valence-electron chi connectivity index (χ2n) is 8.73. The summed E-state index contributed by atoms with van der Waals surface area (Å²) >= 11 is 0. The van der Waals surface area contributed by atoms with Crippen molar-refractivity contribution in [2.24, 2.45) is 0 Å². The van der Waals surface area contributed by atoms with Crippen molar-refractivity contribution < 1.29 is 24.4 Å². The number of pyridine rings is 1. The van der Waals surface area contributed by atoms with Crippen molar-refractivity contribution in [2.75, 3.05) is 13.7 Å². The fourth-order valence-corrected chi connectivity index (χ4v) is 3.83. The van der Waals surface area contributed by atoms with Gasteiger partial charge in [-0.1, -0.05) is 52.0 Å². The highest BCUT2D eigenvalue weighted by molar-refractivity contribution is 5.80. The first-order valence-corrected chi connectivity index (χ1v) is 11.2. The van der Waals surface area contributed by atoms with E-state index in [0.717, 1.165) is 33.6 Å². The summed E-state index contributed by atoms with van der Waals surface area (Å²) in [7, 11) is 1.64. The number of aliphatic hydroxyl groups is 3. The molecular weight excluding hydrogens is 409 g/mol. The molecule has 0 radical (unpaired) electrons. The van der Waals surface area contributed by atoms with Gasteiger partial charge in [0.25, 0.3) is 0 Å². The van der Waals surface area contributed by atoms with Crippen LogP contribution in [-0.4, -0.2) is 46.2 Å². The molecule has 5 nitrogen and oxygen atoms in total. The number of hydrogen-bond donors (Lipinski definition) is 3. The Morgan fingerprint density at radius 3 is 2.19 bits per heavy atom. The van der Waals surface area contributed by atoms with Crippen LogP contribution in [0.25, 0.3) is 17.2 Å². The van der Waals surface area contributed by atoms with Gasteiger partial charge in [0, 0.05) is 37.0 Å². The Morgan fingerprint density at radius 1 is 1.03 bits per heavy atom. The normalized spacial score (nSPS) is 14.0. The number of rotatable bonds is 11. The average molecular weight is 446 g/mol. The molecule has 0 amide bonds. The molecule has 0 bridgehead atoms. The van der Waals surface area contributed by atoms with Gasteiger partial charge >= 0.3 is 0 Å². The summed E-state index contributed by atoms with van der Waals surface area (Å²) < 4.78 is 19.2. The van der Waals surface area contributed by atoms with Crippen LogP contribution in [0.5, 0.6) is 0 Å². The van der Waals surface area contributed by atoms with E-state index in [2.05, 4.69) is 27.7 Å². The Bertz CT molecular complexity index is 894. The Balaban J connectivity index is 2.72. The van der Waals surface area contributed by atoms with Crippen molar-refractivity contribution in [1.82, 2.24) is 4.98 Å². The number of halogens is 1. The van der Waals surface area contributed by atoms with Gasteiger partial charge in [-0.2, -0.15) is 0 Å². The maximum Gasteiger partial charge on any atom is 0.123 e. The number of ether oxygens (including phenoxy) is 1. The molecule has 6 heteroatoms. The van der Waals surface area contributed by atoms with Crippen molar-refractivity contribution in [2.45, 2.75) is 71.2 Å². The zero-order chi connectivity index (χ0) is 23.8. The van der Waals surface area contributed by atoms with Gasteiger partial charge in [-0.25, -0.2) is 4.39 Å². The minimum Gasteiger partial charge on any atom is -0.396 e. The summed E-state index contributed by atoms with van der Waals surface area (Å²) in [4.78, 5) is 4.99. The van der Waals surface area contributed by atoms with Crippen LogP contribution in [0.1, 0.15) is 74.9 Å². The monoisotopic (exact) mass is 445 g/mol. The molecule has 176 valence electrons. The number of aromatic nitrogens is 1. The van der Waals surface area contributed by atoms with Crippen molar-refractivity contribution in [1.29, 1.82) is 0 Å².